The lowest BCUT2D eigenvalue weighted by atomic mass is 10.1. The van der Waals surface area contributed by atoms with Gasteiger partial charge in [-0.3, -0.25) is 4.79 Å². The van der Waals surface area contributed by atoms with Crippen molar-refractivity contribution in [1.82, 2.24) is 14.9 Å². The lowest BCUT2D eigenvalue weighted by Crippen LogP contribution is -2.31. The van der Waals surface area contributed by atoms with Gasteiger partial charge in [0.05, 0.1) is 17.4 Å². The molecule has 0 radical (unpaired) electrons. The molecule has 1 atom stereocenters. The van der Waals surface area contributed by atoms with Crippen LogP contribution >= 0.6 is 24.0 Å². The summed E-state index contributed by atoms with van der Waals surface area (Å²) in [5, 5.41) is 3.73. The molecule has 1 fully saturated rings. The number of anilines is 1. The summed E-state index contributed by atoms with van der Waals surface area (Å²) < 4.78 is 0. The van der Waals surface area contributed by atoms with Crippen molar-refractivity contribution < 1.29 is 4.79 Å². The summed E-state index contributed by atoms with van der Waals surface area (Å²) in [6.07, 6.45) is 3.96. The molecule has 1 amide bonds. The maximum absolute atomic E-state index is 12.5. The largest absolute Gasteiger partial charge is 0.350 e. The minimum absolute atomic E-state index is 0. The smallest absolute Gasteiger partial charge is 0.253 e. The van der Waals surface area contributed by atoms with Crippen LogP contribution in [0.5, 0.6) is 0 Å². The number of nitrogens with one attached hydrogen (secondary N) is 1. The molecule has 1 aromatic carbocycles. The van der Waals surface area contributed by atoms with E-state index in [1.54, 1.807) is 12.4 Å². The third-order valence-corrected chi connectivity index (χ3v) is 4.06. The predicted molar refractivity (Wildman–Crippen MR) is 96.6 cm³/mol. The van der Waals surface area contributed by atoms with Gasteiger partial charge in [0.15, 0.2) is 0 Å². The van der Waals surface area contributed by atoms with Crippen LogP contribution in [0.15, 0.2) is 36.7 Å². The first-order valence-electron chi connectivity index (χ1n) is 7.48. The Morgan fingerprint density at radius 1 is 1.29 bits per heavy atom. The summed E-state index contributed by atoms with van der Waals surface area (Å²) >= 11 is 5.77. The molecule has 0 aliphatic carbocycles. The van der Waals surface area contributed by atoms with Crippen LogP contribution in [0.25, 0.3) is 0 Å². The fourth-order valence-corrected chi connectivity index (χ4v) is 2.70. The highest BCUT2D eigenvalue weighted by atomic mass is 35.5. The van der Waals surface area contributed by atoms with E-state index in [-0.39, 0.29) is 24.4 Å². The van der Waals surface area contributed by atoms with Crippen LogP contribution in [0, 0.1) is 0 Å². The summed E-state index contributed by atoms with van der Waals surface area (Å²) in [6.45, 7) is 1.82. The molecule has 0 unspecified atom stereocenters. The van der Waals surface area contributed by atoms with Gasteiger partial charge < -0.3 is 16.0 Å². The number of likely N-dealkylation sites (tertiary alicyclic amines) is 1. The molecule has 3 rings (SSSR count). The van der Waals surface area contributed by atoms with Crippen molar-refractivity contribution in [2.75, 3.05) is 18.4 Å². The van der Waals surface area contributed by atoms with Gasteiger partial charge in [0.1, 0.15) is 0 Å². The highest BCUT2D eigenvalue weighted by Crippen LogP contribution is 2.17. The average Bonchev–Trinajstić information content (AvgIpc) is 3.05. The molecule has 24 heavy (non-hydrogen) atoms. The van der Waals surface area contributed by atoms with E-state index in [0.29, 0.717) is 36.2 Å². The van der Waals surface area contributed by atoms with Gasteiger partial charge in [-0.05, 0) is 24.1 Å². The van der Waals surface area contributed by atoms with Crippen molar-refractivity contribution in [2.24, 2.45) is 5.73 Å². The summed E-state index contributed by atoms with van der Waals surface area (Å²) in [7, 11) is 0. The molecule has 2 aromatic rings. The Morgan fingerprint density at radius 2 is 1.96 bits per heavy atom. The van der Waals surface area contributed by atoms with Crippen molar-refractivity contribution in [1.29, 1.82) is 0 Å². The SMILES string of the molecule is Cl.NCc1ccc(C(=O)N2CC[C@@H](Nc3ncc(Cl)cn3)C2)cc1. The molecule has 0 bridgehead atoms. The topological polar surface area (TPSA) is 84.1 Å². The molecule has 8 heteroatoms. The Kier molecular flexibility index (Phi) is 6.36. The van der Waals surface area contributed by atoms with Crippen molar-refractivity contribution in [3.8, 4) is 0 Å². The minimum atomic E-state index is 0. The predicted octanol–water partition coefficient (Wildman–Crippen LogP) is 2.34. The zero-order valence-corrected chi connectivity index (χ0v) is 14.6. The van der Waals surface area contributed by atoms with Crippen molar-refractivity contribution >= 4 is 35.9 Å². The second kappa shape index (κ2) is 8.28. The molecule has 0 saturated carbocycles. The van der Waals surface area contributed by atoms with E-state index >= 15 is 0 Å². The van der Waals surface area contributed by atoms with E-state index in [2.05, 4.69) is 15.3 Å². The number of nitrogens with two attached hydrogens (primary N) is 1. The van der Waals surface area contributed by atoms with Gasteiger partial charge in [-0.2, -0.15) is 0 Å². The lowest BCUT2D eigenvalue weighted by molar-refractivity contribution is 0.0791. The van der Waals surface area contributed by atoms with Crippen LogP contribution in [0.3, 0.4) is 0 Å². The molecule has 6 nitrogen and oxygen atoms in total. The fourth-order valence-electron chi connectivity index (χ4n) is 2.60. The van der Waals surface area contributed by atoms with Crippen LogP contribution in [-0.4, -0.2) is 39.9 Å². The standard InChI is InChI=1S/C16H18ClN5O.ClH/c17-13-8-19-16(20-9-13)21-14-5-6-22(10-14)15(23)12-3-1-11(7-18)2-4-12;/h1-4,8-9,14H,5-7,10,18H2,(H,19,20,21);1H/t14-;/m1./s1. The Balaban J connectivity index is 0.00000208. The normalized spacial score (nSPS) is 16.6. The van der Waals surface area contributed by atoms with Crippen molar-refractivity contribution in [3.63, 3.8) is 0 Å². The quantitative estimate of drug-likeness (QED) is 0.866. The molecule has 128 valence electrons. The number of amides is 1. The van der Waals surface area contributed by atoms with Gasteiger partial charge in [-0.1, -0.05) is 23.7 Å². The summed E-state index contributed by atoms with van der Waals surface area (Å²) in [5.41, 5.74) is 7.28. The van der Waals surface area contributed by atoms with E-state index in [1.807, 2.05) is 29.2 Å². The van der Waals surface area contributed by atoms with E-state index in [0.717, 1.165) is 12.0 Å². The number of carbonyl (C=O) groups excluding carboxylic acids is 1. The maximum atomic E-state index is 12.5. The first-order valence-corrected chi connectivity index (χ1v) is 7.86. The highest BCUT2D eigenvalue weighted by molar-refractivity contribution is 6.30. The third-order valence-electron chi connectivity index (χ3n) is 3.87. The second-order valence-electron chi connectivity index (χ2n) is 5.51. The molecule has 1 aliphatic rings. The highest BCUT2D eigenvalue weighted by Gasteiger charge is 2.27. The Hall–Kier alpha value is -1.89. The number of benzene rings is 1. The first kappa shape index (κ1) is 18.4. The van der Waals surface area contributed by atoms with Crippen LogP contribution < -0.4 is 11.1 Å². The number of aromatic nitrogens is 2. The Bertz CT molecular complexity index is 678. The maximum Gasteiger partial charge on any atom is 0.253 e. The monoisotopic (exact) mass is 367 g/mol. The minimum Gasteiger partial charge on any atom is -0.350 e. The lowest BCUT2D eigenvalue weighted by Gasteiger charge is -2.17. The zero-order valence-electron chi connectivity index (χ0n) is 13.0. The molecular formula is C16H19Cl2N5O. The number of rotatable bonds is 4. The third kappa shape index (κ3) is 4.35. The van der Waals surface area contributed by atoms with E-state index in [1.165, 1.54) is 0 Å². The van der Waals surface area contributed by atoms with Gasteiger partial charge >= 0.3 is 0 Å². The number of nitrogens with zero attached hydrogens (tertiary/aromatic N) is 3. The Labute approximate surface area is 151 Å². The van der Waals surface area contributed by atoms with Gasteiger partial charge in [0.2, 0.25) is 5.95 Å². The van der Waals surface area contributed by atoms with Crippen LogP contribution in [0.2, 0.25) is 5.02 Å². The molecule has 2 heterocycles. The van der Waals surface area contributed by atoms with E-state index in [9.17, 15) is 4.79 Å². The van der Waals surface area contributed by atoms with Gasteiger partial charge in [-0.25, -0.2) is 9.97 Å². The molecule has 1 aromatic heterocycles. The molecule has 3 N–H and O–H groups in total. The molecule has 1 aliphatic heterocycles. The number of hydrogen-bond acceptors (Lipinski definition) is 5. The Morgan fingerprint density at radius 3 is 2.58 bits per heavy atom. The van der Waals surface area contributed by atoms with Crippen LogP contribution in [0.4, 0.5) is 5.95 Å². The van der Waals surface area contributed by atoms with Crippen LogP contribution in [-0.2, 0) is 6.54 Å². The second-order valence-corrected chi connectivity index (χ2v) is 5.94. The zero-order chi connectivity index (χ0) is 16.2. The van der Waals surface area contributed by atoms with Crippen molar-refractivity contribution in [2.45, 2.75) is 19.0 Å². The fraction of sp³-hybridized carbons (Fsp3) is 0.312. The van der Waals surface area contributed by atoms with Gasteiger partial charge in [-0.15, -0.1) is 12.4 Å². The van der Waals surface area contributed by atoms with Crippen molar-refractivity contribution in [3.05, 3.63) is 52.8 Å². The van der Waals surface area contributed by atoms with E-state index < -0.39 is 0 Å². The number of carbonyl (C=O) groups is 1. The number of halogens is 2. The van der Waals surface area contributed by atoms with Crippen LogP contribution in [0.1, 0.15) is 22.3 Å². The van der Waals surface area contributed by atoms with Gasteiger partial charge in [0, 0.05) is 31.2 Å². The average molecular weight is 368 g/mol. The summed E-state index contributed by atoms with van der Waals surface area (Å²) in [6, 6.07) is 7.57. The summed E-state index contributed by atoms with van der Waals surface area (Å²) in [5.74, 6) is 0.566. The molecular weight excluding hydrogens is 349 g/mol. The summed E-state index contributed by atoms with van der Waals surface area (Å²) in [4.78, 5) is 22.6. The molecule has 0 spiro atoms. The van der Waals surface area contributed by atoms with E-state index in [4.69, 9.17) is 17.3 Å². The van der Waals surface area contributed by atoms with Gasteiger partial charge in [0.25, 0.3) is 5.91 Å². The number of hydrogen-bond donors (Lipinski definition) is 2. The first-order chi connectivity index (χ1) is 11.2. The molecule has 1 saturated heterocycles.